The average Bonchev–Trinajstić information content (AvgIpc) is 2.24. The van der Waals surface area contributed by atoms with Crippen LogP contribution in [-0.2, 0) is 0 Å². The number of hydrogen-bond acceptors (Lipinski definition) is 2. The van der Waals surface area contributed by atoms with Crippen molar-refractivity contribution in [2.24, 2.45) is 0 Å². The standard InChI is InChI=1S/C8H12N2.2C2H6/c1-7-4-5-8(9-6-7)10(2)3;2*1-2/h4-6H,1-3H3;2*1-2H3. The molecule has 1 rings (SSSR count). The second-order valence-corrected chi connectivity index (χ2v) is 2.59. The van der Waals surface area contributed by atoms with Gasteiger partial charge in [-0.15, -0.1) is 0 Å². The van der Waals surface area contributed by atoms with E-state index in [9.17, 15) is 0 Å². The fraction of sp³-hybridized carbons (Fsp3) is 0.583. The molecule has 2 nitrogen and oxygen atoms in total. The molecule has 0 saturated heterocycles. The zero-order valence-corrected chi connectivity index (χ0v) is 10.6. The lowest BCUT2D eigenvalue weighted by Crippen LogP contribution is -2.09. The Balaban J connectivity index is 0. The maximum atomic E-state index is 4.20. The van der Waals surface area contributed by atoms with E-state index in [2.05, 4.69) is 11.1 Å². The molecule has 82 valence electrons. The third-order valence-corrected chi connectivity index (χ3v) is 1.35. The van der Waals surface area contributed by atoms with Crippen molar-refractivity contribution in [3.8, 4) is 0 Å². The number of anilines is 1. The SMILES string of the molecule is CC.CC.Cc1ccc(N(C)C)nc1. The van der Waals surface area contributed by atoms with Gasteiger partial charge in [0.05, 0.1) is 0 Å². The average molecular weight is 196 g/mol. The molecule has 0 amide bonds. The first-order chi connectivity index (χ1) is 6.70. The summed E-state index contributed by atoms with van der Waals surface area (Å²) in [5.74, 6) is 1.01. The van der Waals surface area contributed by atoms with E-state index in [-0.39, 0.29) is 0 Å². The zero-order chi connectivity index (χ0) is 11.6. The van der Waals surface area contributed by atoms with Crippen LogP contribution in [-0.4, -0.2) is 19.1 Å². The quantitative estimate of drug-likeness (QED) is 0.683. The van der Waals surface area contributed by atoms with Crippen molar-refractivity contribution >= 4 is 5.82 Å². The monoisotopic (exact) mass is 196 g/mol. The number of pyridine rings is 1. The predicted octanol–water partition coefficient (Wildman–Crippen LogP) is 3.51. The molecular formula is C12H24N2. The molecule has 0 N–H and O–H groups in total. The van der Waals surface area contributed by atoms with E-state index in [4.69, 9.17) is 0 Å². The van der Waals surface area contributed by atoms with E-state index in [1.807, 2.05) is 65.9 Å². The Kier molecular flexibility index (Phi) is 11.1. The Labute approximate surface area is 89.0 Å². The smallest absolute Gasteiger partial charge is 0.127 e. The van der Waals surface area contributed by atoms with Gasteiger partial charge in [0.15, 0.2) is 0 Å². The number of nitrogens with zero attached hydrogens (tertiary/aromatic N) is 2. The van der Waals surface area contributed by atoms with Gasteiger partial charge < -0.3 is 4.90 Å². The summed E-state index contributed by atoms with van der Waals surface area (Å²) in [7, 11) is 3.97. The van der Waals surface area contributed by atoms with Gasteiger partial charge in [-0.3, -0.25) is 0 Å². The second-order valence-electron chi connectivity index (χ2n) is 2.59. The molecule has 0 saturated carbocycles. The van der Waals surface area contributed by atoms with Crippen LogP contribution >= 0.6 is 0 Å². The van der Waals surface area contributed by atoms with E-state index in [0.29, 0.717) is 0 Å². The highest BCUT2D eigenvalue weighted by Gasteiger charge is 1.92. The van der Waals surface area contributed by atoms with Gasteiger partial charge in [0.1, 0.15) is 5.82 Å². The molecule has 0 unspecified atom stereocenters. The first-order valence-electron chi connectivity index (χ1n) is 5.30. The van der Waals surface area contributed by atoms with Gasteiger partial charge >= 0.3 is 0 Å². The Morgan fingerprint density at radius 3 is 1.79 bits per heavy atom. The Morgan fingerprint density at radius 1 is 1.00 bits per heavy atom. The molecule has 14 heavy (non-hydrogen) atoms. The van der Waals surface area contributed by atoms with Crippen molar-refractivity contribution in [3.05, 3.63) is 23.9 Å². The minimum Gasteiger partial charge on any atom is -0.363 e. The van der Waals surface area contributed by atoms with Gasteiger partial charge in [-0.2, -0.15) is 0 Å². The van der Waals surface area contributed by atoms with Crippen LogP contribution in [0.2, 0.25) is 0 Å². The molecule has 0 aliphatic rings. The highest BCUT2D eigenvalue weighted by atomic mass is 15.1. The maximum absolute atomic E-state index is 4.20. The minimum absolute atomic E-state index is 1.01. The molecule has 1 aromatic heterocycles. The molecule has 0 atom stereocenters. The zero-order valence-electron chi connectivity index (χ0n) is 10.6. The topological polar surface area (TPSA) is 16.1 Å². The van der Waals surface area contributed by atoms with Gasteiger partial charge in [0, 0.05) is 20.3 Å². The lowest BCUT2D eigenvalue weighted by molar-refractivity contribution is 1.06. The molecule has 1 aromatic rings. The van der Waals surface area contributed by atoms with E-state index in [1.165, 1.54) is 5.56 Å². The number of rotatable bonds is 1. The first-order valence-corrected chi connectivity index (χ1v) is 5.30. The highest BCUT2D eigenvalue weighted by molar-refractivity contribution is 5.36. The van der Waals surface area contributed by atoms with Crippen LogP contribution in [0.25, 0.3) is 0 Å². The van der Waals surface area contributed by atoms with Crippen molar-refractivity contribution < 1.29 is 0 Å². The largest absolute Gasteiger partial charge is 0.363 e. The van der Waals surface area contributed by atoms with E-state index >= 15 is 0 Å². The second kappa shape index (κ2) is 10.0. The molecule has 0 bridgehead atoms. The summed E-state index contributed by atoms with van der Waals surface area (Å²) >= 11 is 0. The highest BCUT2D eigenvalue weighted by Crippen LogP contribution is 2.05. The Morgan fingerprint density at radius 2 is 1.50 bits per heavy atom. The molecule has 1 heterocycles. The van der Waals surface area contributed by atoms with Crippen LogP contribution in [0.5, 0.6) is 0 Å². The van der Waals surface area contributed by atoms with Gasteiger partial charge in [0.25, 0.3) is 0 Å². The van der Waals surface area contributed by atoms with Crippen LogP contribution in [0.3, 0.4) is 0 Å². The summed E-state index contributed by atoms with van der Waals surface area (Å²) in [4.78, 5) is 6.19. The lowest BCUT2D eigenvalue weighted by atomic mass is 10.3. The van der Waals surface area contributed by atoms with Crippen LogP contribution < -0.4 is 4.90 Å². The molecule has 2 heteroatoms. The normalized spacial score (nSPS) is 7.64. The summed E-state index contributed by atoms with van der Waals surface area (Å²) in [6.45, 7) is 10.0. The minimum atomic E-state index is 1.01. The lowest BCUT2D eigenvalue weighted by Gasteiger charge is -2.09. The van der Waals surface area contributed by atoms with Crippen LogP contribution in [0.1, 0.15) is 33.3 Å². The Hall–Kier alpha value is -1.05. The fourth-order valence-electron chi connectivity index (χ4n) is 0.725. The summed E-state index contributed by atoms with van der Waals surface area (Å²) < 4.78 is 0. The van der Waals surface area contributed by atoms with Crippen LogP contribution in [0.15, 0.2) is 18.3 Å². The third kappa shape index (κ3) is 6.46. The Bertz CT molecular complexity index is 202. The van der Waals surface area contributed by atoms with Crippen molar-refractivity contribution in [3.63, 3.8) is 0 Å². The van der Waals surface area contributed by atoms with Crippen molar-refractivity contribution in [1.82, 2.24) is 4.98 Å². The van der Waals surface area contributed by atoms with E-state index < -0.39 is 0 Å². The number of hydrogen-bond donors (Lipinski definition) is 0. The summed E-state index contributed by atoms with van der Waals surface area (Å²) in [5.41, 5.74) is 1.20. The molecule has 0 aliphatic carbocycles. The first kappa shape index (κ1) is 15.4. The van der Waals surface area contributed by atoms with Crippen molar-refractivity contribution in [2.75, 3.05) is 19.0 Å². The third-order valence-electron chi connectivity index (χ3n) is 1.35. The maximum Gasteiger partial charge on any atom is 0.127 e. The molecular weight excluding hydrogens is 172 g/mol. The van der Waals surface area contributed by atoms with Gasteiger partial charge in [-0.25, -0.2) is 4.98 Å². The van der Waals surface area contributed by atoms with Gasteiger partial charge in [-0.1, -0.05) is 33.8 Å². The van der Waals surface area contributed by atoms with Crippen molar-refractivity contribution in [1.29, 1.82) is 0 Å². The molecule has 0 fully saturated rings. The van der Waals surface area contributed by atoms with Gasteiger partial charge in [0.2, 0.25) is 0 Å². The van der Waals surface area contributed by atoms with E-state index in [1.54, 1.807) is 0 Å². The molecule has 0 aromatic carbocycles. The van der Waals surface area contributed by atoms with Crippen LogP contribution in [0, 0.1) is 6.92 Å². The van der Waals surface area contributed by atoms with E-state index in [0.717, 1.165) is 5.82 Å². The molecule has 0 aliphatic heterocycles. The summed E-state index contributed by atoms with van der Waals surface area (Å²) in [5, 5.41) is 0. The number of aryl methyl sites for hydroxylation is 1. The summed E-state index contributed by atoms with van der Waals surface area (Å²) in [6, 6.07) is 4.07. The predicted molar refractivity (Wildman–Crippen MR) is 66.0 cm³/mol. The summed E-state index contributed by atoms with van der Waals surface area (Å²) in [6.07, 6.45) is 1.87. The number of aromatic nitrogens is 1. The van der Waals surface area contributed by atoms with Crippen LogP contribution in [0.4, 0.5) is 5.82 Å². The fourth-order valence-corrected chi connectivity index (χ4v) is 0.725. The van der Waals surface area contributed by atoms with Crippen molar-refractivity contribution in [2.45, 2.75) is 34.6 Å². The van der Waals surface area contributed by atoms with Gasteiger partial charge in [-0.05, 0) is 18.6 Å². The molecule has 0 spiro atoms. The molecule has 0 radical (unpaired) electrons.